The van der Waals surface area contributed by atoms with Gasteiger partial charge < -0.3 is 14.6 Å². The highest BCUT2D eigenvalue weighted by Gasteiger charge is 2.38. The Bertz CT molecular complexity index is 1030. The largest absolute Gasteiger partial charge is 0.573 e. The van der Waals surface area contributed by atoms with Gasteiger partial charge in [-0.2, -0.15) is 0 Å². The van der Waals surface area contributed by atoms with Gasteiger partial charge in [-0.1, -0.05) is 31.9 Å². The maximum Gasteiger partial charge on any atom is 0.573 e. The number of fused-ring (bicyclic) bond motifs is 1. The van der Waals surface area contributed by atoms with Gasteiger partial charge in [0.05, 0.1) is 27.4 Å². The molecular formula is C20H20ClF3N2O3S. The lowest BCUT2D eigenvalue weighted by Gasteiger charge is -2.27. The van der Waals surface area contributed by atoms with Crippen LogP contribution < -0.4 is 9.47 Å². The number of hydrogen-bond acceptors (Lipinski definition) is 6. The topological polar surface area (TPSA) is 64.5 Å². The molecule has 162 valence electrons. The van der Waals surface area contributed by atoms with Gasteiger partial charge in [0.2, 0.25) is 0 Å². The number of nitrogens with zero attached hydrogens (tertiary/aromatic N) is 2. The highest BCUT2D eigenvalue weighted by Crippen LogP contribution is 2.43. The molecule has 1 unspecified atom stereocenters. The summed E-state index contributed by atoms with van der Waals surface area (Å²) >= 11 is 7.01. The molecule has 0 radical (unpaired) electrons. The van der Waals surface area contributed by atoms with Crippen LogP contribution in [0.15, 0.2) is 30.6 Å². The van der Waals surface area contributed by atoms with Crippen molar-refractivity contribution in [3.05, 3.63) is 46.2 Å². The second-order valence-corrected chi connectivity index (χ2v) is 8.09. The summed E-state index contributed by atoms with van der Waals surface area (Å²) in [6.45, 7) is 4.34. The van der Waals surface area contributed by atoms with Crippen LogP contribution in [-0.2, 0) is 5.60 Å². The van der Waals surface area contributed by atoms with E-state index < -0.39 is 17.7 Å². The number of ether oxygens (including phenoxy) is 2. The maximum absolute atomic E-state index is 12.6. The first-order valence-corrected chi connectivity index (χ1v) is 10.5. The predicted molar refractivity (Wildman–Crippen MR) is 109 cm³/mol. The summed E-state index contributed by atoms with van der Waals surface area (Å²) in [5.41, 5.74) is -0.700. The molecule has 2 aromatic heterocycles. The molecule has 0 saturated heterocycles. The van der Waals surface area contributed by atoms with E-state index >= 15 is 0 Å². The molecule has 5 nitrogen and oxygen atoms in total. The molecule has 0 fully saturated rings. The molecule has 10 heteroatoms. The van der Waals surface area contributed by atoms with Crippen LogP contribution in [0, 0.1) is 0 Å². The van der Waals surface area contributed by atoms with Crippen molar-refractivity contribution in [1.29, 1.82) is 0 Å². The minimum Gasteiger partial charge on any atom is -0.493 e. The van der Waals surface area contributed by atoms with Gasteiger partial charge in [0.15, 0.2) is 0 Å². The molecule has 3 aromatic rings. The first-order chi connectivity index (χ1) is 14.2. The monoisotopic (exact) mass is 460 g/mol. The van der Waals surface area contributed by atoms with Gasteiger partial charge in [0, 0.05) is 18.5 Å². The summed E-state index contributed by atoms with van der Waals surface area (Å²) in [7, 11) is 0. The SMILES string of the molecule is CCCOc1ccncc1C(O)(CCC)c1nc2cc(Cl)c(OC(F)(F)F)cc2s1. The summed E-state index contributed by atoms with van der Waals surface area (Å²) in [6, 6.07) is 4.14. The highest BCUT2D eigenvalue weighted by molar-refractivity contribution is 7.18. The molecule has 0 spiro atoms. The Kier molecular flexibility index (Phi) is 6.74. The Balaban J connectivity index is 2.10. The quantitative estimate of drug-likeness (QED) is 0.442. The van der Waals surface area contributed by atoms with Crippen molar-refractivity contribution < 1.29 is 27.8 Å². The van der Waals surface area contributed by atoms with Crippen molar-refractivity contribution in [2.75, 3.05) is 6.61 Å². The van der Waals surface area contributed by atoms with Crippen LogP contribution in [-0.4, -0.2) is 28.0 Å². The van der Waals surface area contributed by atoms with Gasteiger partial charge in [-0.25, -0.2) is 4.98 Å². The Hall–Kier alpha value is -2.10. The molecule has 0 aliphatic rings. The van der Waals surface area contributed by atoms with Crippen LogP contribution in [0.2, 0.25) is 5.02 Å². The molecular weight excluding hydrogens is 441 g/mol. The second-order valence-electron chi connectivity index (χ2n) is 6.65. The zero-order valence-corrected chi connectivity index (χ0v) is 17.9. The van der Waals surface area contributed by atoms with Gasteiger partial charge in [0.25, 0.3) is 0 Å². The smallest absolute Gasteiger partial charge is 0.493 e. The molecule has 0 amide bonds. The van der Waals surface area contributed by atoms with E-state index in [-0.39, 0.29) is 5.02 Å². The zero-order valence-electron chi connectivity index (χ0n) is 16.3. The fraction of sp³-hybridized carbons (Fsp3) is 0.400. The second kappa shape index (κ2) is 8.95. The van der Waals surface area contributed by atoms with Crippen molar-refractivity contribution in [1.82, 2.24) is 9.97 Å². The standard InChI is InChI=1S/C20H20ClF3N2O3S/c1-3-6-19(27,12-11-25-7-5-15(12)28-8-4-2)18-26-14-9-13(21)16(10-17(14)30-18)29-20(22,23)24/h5,7,9-11,27H,3-4,6,8H2,1-2H3. The van der Waals surface area contributed by atoms with Crippen molar-refractivity contribution >= 4 is 33.2 Å². The summed E-state index contributed by atoms with van der Waals surface area (Å²) < 4.78 is 48.1. The van der Waals surface area contributed by atoms with Crippen molar-refractivity contribution in [3.8, 4) is 11.5 Å². The number of pyridine rings is 1. The van der Waals surface area contributed by atoms with E-state index in [9.17, 15) is 18.3 Å². The van der Waals surface area contributed by atoms with Gasteiger partial charge in [-0.15, -0.1) is 24.5 Å². The third-order valence-electron chi connectivity index (χ3n) is 4.32. The van der Waals surface area contributed by atoms with Gasteiger partial charge >= 0.3 is 6.36 Å². The van der Waals surface area contributed by atoms with E-state index in [1.54, 1.807) is 12.3 Å². The summed E-state index contributed by atoms with van der Waals surface area (Å²) in [4.78, 5) is 8.58. The number of thiazole rings is 1. The third-order valence-corrected chi connectivity index (χ3v) is 5.79. The van der Waals surface area contributed by atoms with Crippen molar-refractivity contribution in [2.45, 2.75) is 45.1 Å². The van der Waals surface area contributed by atoms with E-state index in [0.29, 0.717) is 46.0 Å². The Morgan fingerprint density at radius 3 is 2.60 bits per heavy atom. The molecule has 2 heterocycles. The minimum absolute atomic E-state index is 0.218. The van der Waals surface area contributed by atoms with Crippen molar-refractivity contribution in [3.63, 3.8) is 0 Å². The van der Waals surface area contributed by atoms with E-state index in [4.69, 9.17) is 16.3 Å². The minimum atomic E-state index is -4.87. The van der Waals surface area contributed by atoms with E-state index in [0.717, 1.165) is 17.8 Å². The fourth-order valence-corrected chi connectivity index (χ4v) is 4.36. The predicted octanol–water partition coefficient (Wildman–Crippen LogP) is 6.07. The fourth-order valence-electron chi connectivity index (χ4n) is 3.06. The normalized spacial score (nSPS) is 14.0. The Morgan fingerprint density at radius 2 is 1.93 bits per heavy atom. The van der Waals surface area contributed by atoms with Crippen LogP contribution >= 0.6 is 22.9 Å². The van der Waals surface area contributed by atoms with Gasteiger partial charge in [-0.3, -0.25) is 4.98 Å². The van der Waals surface area contributed by atoms with E-state index in [1.807, 2.05) is 13.8 Å². The molecule has 1 N–H and O–H groups in total. The average Bonchev–Trinajstić information content (AvgIpc) is 3.09. The molecule has 1 atom stereocenters. The molecule has 0 aliphatic carbocycles. The number of benzene rings is 1. The lowest BCUT2D eigenvalue weighted by atomic mass is 9.90. The maximum atomic E-state index is 12.6. The first-order valence-electron chi connectivity index (χ1n) is 9.34. The molecule has 1 aromatic carbocycles. The van der Waals surface area contributed by atoms with E-state index in [2.05, 4.69) is 14.7 Å². The first kappa shape index (κ1) is 22.6. The summed E-state index contributed by atoms with van der Waals surface area (Å²) in [6.07, 6.45) is -0.0411. The molecule has 0 saturated carbocycles. The number of halogens is 4. The highest BCUT2D eigenvalue weighted by atomic mass is 35.5. The summed E-state index contributed by atoms with van der Waals surface area (Å²) in [5.74, 6) is -0.0274. The van der Waals surface area contributed by atoms with Crippen LogP contribution in [0.5, 0.6) is 11.5 Å². The third kappa shape index (κ3) is 4.79. The number of aromatic nitrogens is 2. The molecule has 3 rings (SSSR count). The van der Waals surface area contributed by atoms with E-state index in [1.165, 1.54) is 18.3 Å². The average molecular weight is 461 g/mol. The summed E-state index contributed by atoms with van der Waals surface area (Å²) in [5, 5.41) is 11.7. The number of rotatable bonds is 8. The molecule has 30 heavy (non-hydrogen) atoms. The Labute approximate surface area is 180 Å². The van der Waals surface area contributed by atoms with Crippen molar-refractivity contribution in [2.24, 2.45) is 0 Å². The lowest BCUT2D eigenvalue weighted by Crippen LogP contribution is -2.28. The zero-order chi connectivity index (χ0) is 21.9. The van der Waals surface area contributed by atoms with Crippen LogP contribution in [0.4, 0.5) is 13.2 Å². The van der Waals surface area contributed by atoms with Crippen LogP contribution in [0.1, 0.15) is 43.7 Å². The van der Waals surface area contributed by atoms with Gasteiger partial charge in [0.1, 0.15) is 22.1 Å². The van der Waals surface area contributed by atoms with Crippen LogP contribution in [0.3, 0.4) is 0 Å². The number of alkyl halides is 3. The number of aliphatic hydroxyl groups is 1. The van der Waals surface area contributed by atoms with Gasteiger partial charge in [-0.05, 0) is 25.0 Å². The number of hydrogen-bond donors (Lipinski definition) is 1. The lowest BCUT2D eigenvalue weighted by molar-refractivity contribution is -0.274. The van der Waals surface area contributed by atoms with Crippen LogP contribution in [0.25, 0.3) is 10.2 Å². The Morgan fingerprint density at radius 1 is 1.17 bits per heavy atom. The molecule has 0 aliphatic heterocycles. The molecule has 0 bridgehead atoms.